The average Bonchev–Trinajstić information content (AvgIpc) is 2.47. The molecule has 1 saturated heterocycles. The maximum atomic E-state index is 12.0. The molecule has 1 aliphatic heterocycles. The molecule has 2 atom stereocenters. The van der Waals surface area contributed by atoms with E-state index in [2.05, 4.69) is 23.6 Å². The Bertz CT molecular complexity index is 442. The number of hydrogen-bond donors (Lipinski definition) is 2. The number of benzene rings is 1. The van der Waals surface area contributed by atoms with Gasteiger partial charge in [0.2, 0.25) is 5.91 Å². The molecule has 1 aliphatic rings. The highest BCUT2D eigenvalue weighted by Gasteiger charge is 2.17. The molecule has 2 unspecified atom stereocenters. The number of rotatable bonds is 5. The van der Waals surface area contributed by atoms with Crippen LogP contribution in [0.1, 0.15) is 44.2 Å². The van der Waals surface area contributed by atoms with Crippen LogP contribution in [0.3, 0.4) is 0 Å². The Balaban J connectivity index is 1.90. The molecule has 0 radical (unpaired) electrons. The average molecular weight is 276 g/mol. The summed E-state index contributed by atoms with van der Waals surface area (Å²) in [7, 11) is 1.93. The fourth-order valence-electron chi connectivity index (χ4n) is 2.44. The molecule has 0 aliphatic carbocycles. The number of ether oxygens (including phenoxy) is 1. The number of hydrogen-bond acceptors (Lipinski definition) is 3. The summed E-state index contributed by atoms with van der Waals surface area (Å²) in [5.41, 5.74) is 2.02. The first-order valence-corrected chi connectivity index (χ1v) is 7.37. The lowest BCUT2D eigenvalue weighted by atomic mass is 10.1. The minimum atomic E-state index is 0.0335. The van der Waals surface area contributed by atoms with Crippen LogP contribution in [0.5, 0.6) is 0 Å². The maximum Gasteiger partial charge on any atom is 0.226 e. The van der Waals surface area contributed by atoms with Gasteiger partial charge in [-0.25, -0.2) is 0 Å². The fraction of sp³-hybridized carbons (Fsp3) is 0.562. The van der Waals surface area contributed by atoms with E-state index >= 15 is 0 Å². The van der Waals surface area contributed by atoms with Crippen LogP contribution in [0.4, 0.5) is 5.69 Å². The van der Waals surface area contributed by atoms with Gasteiger partial charge in [0.25, 0.3) is 0 Å². The number of carbonyl (C=O) groups is 1. The van der Waals surface area contributed by atoms with Crippen LogP contribution in [0.25, 0.3) is 0 Å². The highest BCUT2D eigenvalue weighted by Crippen LogP contribution is 2.19. The van der Waals surface area contributed by atoms with Gasteiger partial charge in [-0.2, -0.15) is 0 Å². The van der Waals surface area contributed by atoms with Crippen molar-refractivity contribution in [1.29, 1.82) is 0 Å². The summed E-state index contributed by atoms with van der Waals surface area (Å²) in [6, 6.07) is 8.23. The summed E-state index contributed by atoms with van der Waals surface area (Å²) < 4.78 is 5.59. The SMILES string of the molecule is CNC(C)c1cccc(NC(=O)CC2CCCCO2)c1. The summed E-state index contributed by atoms with van der Waals surface area (Å²) in [5.74, 6) is 0.0335. The van der Waals surface area contributed by atoms with Gasteiger partial charge >= 0.3 is 0 Å². The molecule has 0 saturated carbocycles. The number of anilines is 1. The predicted molar refractivity (Wildman–Crippen MR) is 80.8 cm³/mol. The minimum Gasteiger partial charge on any atom is -0.378 e. The Labute approximate surface area is 120 Å². The fourth-order valence-corrected chi connectivity index (χ4v) is 2.44. The van der Waals surface area contributed by atoms with Crippen molar-refractivity contribution in [3.05, 3.63) is 29.8 Å². The van der Waals surface area contributed by atoms with Crippen LogP contribution in [0, 0.1) is 0 Å². The Morgan fingerprint density at radius 1 is 1.45 bits per heavy atom. The second kappa shape index (κ2) is 7.41. The van der Waals surface area contributed by atoms with E-state index in [-0.39, 0.29) is 18.1 Å². The van der Waals surface area contributed by atoms with Crippen molar-refractivity contribution in [2.24, 2.45) is 0 Å². The van der Waals surface area contributed by atoms with Crippen LogP contribution >= 0.6 is 0 Å². The number of nitrogens with one attached hydrogen (secondary N) is 2. The Hall–Kier alpha value is -1.39. The zero-order chi connectivity index (χ0) is 14.4. The molecule has 1 fully saturated rings. The van der Waals surface area contributed by atoms with Crippen molar-refractivity contribution in [1.82, 2.24) is 5.32 Å². The first kappa shape index (κ1) is 15.0. The van der Waals surface area contributed by atoms with Crippen LogP contribution < -0.4 is 10.6 Å². The van der Waals surface area contributed by atoms with Gasteiger partial charge in [0.1, 0.15) is 0 Å². The third kappa shape index (κ3) is 4.32. The van der Waals surface area contributed by atoms with Crippen molar-refractivity contribution < 1.29 is 9.53 Å². The van der Waals surface area contributed by atoms with Gasteiger partial charge in [-0.3, -0.25) is 4.79 Å². The molecule has 1 aromatic carbocycles. The Morgan fingerprint density at radius 2 is 2.30 bits per heavy atom. The van der Waals surface area contributed by atoms with Crippen LogP contribution in [-0.2, 0) is 9.53 Å². The lowest BCUT2D eigenvalue weighted by molar-refractivity contribution is -0.119. The van der Waals surface area contributed by atoms with Crippen LogP contribution in [-0.4, -0.2) is 25.7 Å². The monoisotopic (exact) mass is 276 g/mol. The molecular weight excluding hydrogens is 252 g/mol. The molecule has 20 heavy (non-hydrogen) atoms. The maximum absolute atomic E-state index is 12.0. The van der Waals surface area contributed by atoms with E-state index in [0.29, 0.717) is 6.42 Å². The highest BCUT2D eigenvalue weighted by atomic mass is 16.5. The standard InChI is InChI=1S/C16H24N2O2/c1-12(17-2)13-6-5-7-14(10-13)18-16(19)11-15-8-3-4-9-20-15/h5-7,10,12,15,17H,3-4,8-9,11H2,1-2H3,(H,18,19). The highest BCUT2D eigenvalue weighted by molar-refractivity contribution is 5.91. The van der Waals surface area contributed by atoms with Gasteiger partial charge in [0, 0.05) is 18.3 Å². The molecule has 4 heteroatoms. The molecule has 0 bridgehead atoms. The Kier molecular flexibility index (Phi) is 5.56. The van der Waals surface area contributed by atoms with Gasteiger partial charge in [0.05, 0.1) is 12.5 Å². The summed E-state index contributed by atoms with van der Waals surface area (Å²) in [6.07, 6.45) is 3.80. The van der Waals surface area contributed by atoms with Gasteiger partial charge in [-0.1, -0.05) is 12.1 Å². The molecule has 4 nitrogen and oxygen atoms in total. The van der Waals surface area contributed by atoms with Crippen molar-refractivity contribution in [2.75, 3.05) is 19.0 Å². The third-order valence-corrected chi connectivity index (χ3v) is 3.79. The summed E-state index contributed by atoms with van der Waals surface area (Å²) in [4.78, 5) is 12.0. The second-order valence-corrected chi connectivity index (χ2v) is 5.38. The van der Waals surface area contributed by atoms with Gasteiger partial charge in [-0.05, 0) is 50.9 Å². The lowest BCUT2D eigenvalue weighted by Crippen LogP contribution is -2.25. The van der Waals surface area contributed by atoms with Crippen molar-refractivity contribution in [3.8, 4) is 0 Å². The van der Waals surface area contributed by atoms with Gasteiger partial charge < -0.3 is 15.4 Å². The van der Waals surface area contributed by atoms with E-state index in [0.717, 1.165) is 31.6 Å². The van der Waals surface area contributed by atoms with E-state index in [9.17, 15) is 4.79 Å². The number of carbonyl (C=O) groups excluding carboxylic acids is 1. The molecule has 2 N–H and O–H groups in total. The predicted octanol–water partition coefficient (Wildman–Crippen LogP) is 2.86. The molecular formula is C16H24N2O2. The molecule has 110 valence electrons. The van der Waals surface area contributed by atoms with E-state index in [1.165, 1.54) is 5.56 Å². The van der Waals surface area contributed by atoms with Gasteiger partial charge in [0.15, 0.2) is 0 Å². The lowest BCUT2D eigenvalue weighted by Gasteiger charge is -2.22. The molecule has 0 spiro atoms. The molecule has 2 rings (SSSR count). The minimum absolute atomic E-state index is 0.0335. The van der Waals surface area contributed by atoms with E-state index < -0.39 is 0 Å². The van der Waals surface area contributed by atoms with Crippen LogP contribution in [0.15, 0.2) is 24.3 Å². The van der Waals surface area contributed by atoms with Crippen molar-refractivity contribution in [2.45, 2.75) is 44.8 Å². The molecule has 1 aromatic rings. The van der Waals surface area contributed by atoms with E-state index in [4.69, 9.17) is 4.74 Å². The smallest absolute Gasteiger partial charge is 0.226 e. The first-order chi connectivity index (χ1) is 9.69. The molecule has 1 amide bonds. The quantitative estimate of drug-likeness (QED) is 0.869. The summed E-state index contributed by atoms with van der Waals surface area (Å²) in [6.45, 7) is 2.88. The molecule has 0 aromatic heterocycles. The normalized spacial score (nSPS) is 20.4. The Morgan fingerprint density at radius 3 is 3.00 bits per heavy atom. The molecule has 1 heterocycles. The van der Waals surface area contributed by atoms with Gasteiger partial charge in [-0.15, -0.1) is 0 Å². The van der Waals surface area contributed by atoms with Crippen molar-refractivity contribution >= 4 is 11.6 Å². The van der Waals surface area contributed by atoms with Crippen molar-refractivity contribution in [3.63, 3.8) is 0 Å². The van der Waals surface area contributed by atoms with E-state index in [1.807, 2.05) is 25.2 Å². The topological polar surface area (TPSA) is 50.4 Å². The zero-order valence-electron chi connectivity index (χ0n) is 12.3. The third-order valence-electron chi connectivity index (χ3n) is 3.79. The summed E-state index contributed by atoms with van der Waals surface area (Å²) in [5, 5.41) is 6.16. The van der Waals surface area contributed by atoms with Crippen LogP contribution in [0.2, 0.25) is 0 Å². The van der Waals surface area contributed by atoms with E-state index in [1.54, 1.807) is 0 Å². The second-order valence-electron chi connectivity index (χ2n) is 5.38. The zero-order valence-corrected chi connectivity index (χ0v) is 12.3. The first-order valence-electron chi connectivity index (χ1n) is 7.37. The number of amides is 1. The largest absolute Gasteiger partial charge is 0.378 e. The summed E-state index contributed by atoms with van der Waals surface area (Å²) >= 11 is 0.